The molecule has 1 atom stereocenters. The molecule has 6 rings (SSSR count). The van der Waals surface area contributed by atoms with E-state index < -0.39 is 40.9 Å². The number of hydrogen-bond donors (Lipinski definition) is 2. The Bertz CT molecular complexity index is 1170. The number of carbonyl (C=O) groups excluding carboxylic acids is 2. The Morgan fingerprint density at radius 1 is 1.19 bits per heavy atom. The van der Waals surface area contributed by atoms with E-state index in [9.17, 15) is 28.3 Å². The van der Waals surface area contributed by atoms with Crippen molar-refractivity contribution in [1.29, 1.82) is 0 Å². The predicted molar refractivity (Wildman–Crippen MR) is 107 cm³/mol. The van der Waals surface area contributed by atoms with Crippen LogP contribution in [0.25, 0.3) is 0 Å². The van der Waals surface area contributed by atoms with Crippen LogP contribution in [0.2, 0.25) is 0 Å². The zero-order valence-corrected chi connectivity index (χ0v) is 17.0. The van der Waals surface area contributed by atoms with E-state index in [4.69, 9.17) is 4.74 Å². The number of fused-ring (bicyclic) bond motifs is 3. The molecule has 2 saturated heterocycles. The van der Waals surface area contributed by atoms with E-state index in [1.807, 2.05) is 0 Å². The summed E-state index contributed by atoms with van der Waals surface area (Å²) in [7, 11) is 0. The molecule has 2 amide bonds. The fourth-order valence-electron chi connectivity index (χ4n) is 4.82. The maximum absolute atomic E-state index is 13.8. The van der Waals surface area contributed by atoms with Crippen LogP contribution in [-0.4, -0.2) is 44.8 Å². The van der Waals surface area contributed by atoms with Crippen molar-refractivity contribution in [3.05, 3.63) is 63.1 Å². The zero-order valence-electron chi connectivity index (χ0n) is 17.0. The monoisotopic (exact) mass is 445 g/mol. The van der Waals surface area contributed by atoms with Crippen LogP contribution in [-0.2, 0) is 17.8 Å². The standard InChI is InChI=1S/C22H21F2N3O5/c23-12-2-1-11(16(24)7-12)8-25-21(30)15-9-26-10-17-27(13-3-5-14(32-17)6-4-13)22(31)18(26)20(29)19(15)28/h1-2,7,9,13-14,17,29H,3-6,8,10H2,(H,25,30). The molecule has 1 unspecified atom stereocenters. The van der Waals surface area contributed by atoms with Crippen LogP contribution < -0.4 is 10.7 Å². The van der Waals surface area contributed by atoms with Crippen molar-refractivity contribution < 1.29 is 28.2 Å². The van der Waals surface area contributed by atoms with Crippen LogP contribution in [0.1, 0.15) is 52.1 Å². The first-order valence-electron chi connectivity index (χ1n) is 10.5. The summed E-state index contributed by atoms with van der Waals surface area (Å²) in [4.78, 5) is 40.1. The molecule has 32 heavy (non-hydrogen) atoms. The second kappa shape index (κ2) is 7.70. The lowest BCUT2D eigenvalue weighted by molar-refractivity contribution is -0.0799. The average Bonchev–Trinajstić information content (AvgIpc) is 3.04. The molecule has 4 aliphatic rings. The first kappa shape index (κ1) is 20.6. The van der Waals surface area contributed by atoms with Crippen molar-refractivity contribution in [3.63, 3.8) is 0 Å². The summed E-state index contributed by atoms with van der Waals surface area (Å²) in [5.74, 6) is -3.72. The van der Waals surface area contributed by atoms with Crippen molar-refractivity contribution in [2.24, 2.45) is 0 Å². The molecule has 4 heterocycles. The zero-order chi connectivity index (χ0) is 22.6. The predicted octanol–water partition coefficient (Wildman–Crippen LogP) is 1.89. The second-order valence-electron chi connectivity index (χ2n) is 8.37. The summed E-state index contributed by atoms with van der Waals surface area (Å²) >= 11 is 0. The van der Waals surface area contributed by atoms with Gasteiger partial charge in [0, 0.05) is 30.4 Å². The maximum atomic E-state index is 13.8. The van der Waals surface area contributed by atoms with Crippen LogP contribution >= 0.6 is 0 Å². The minimum atomic E-state index is -0.986. The van der Waals surface area contributed by atoms with Gasteiger partial charge >= 0.3 is 0 Å². The summed E-state index contributed by atoms with van der Waals surface area (Å²) in [6, 6.07) is 2.93. The molecule has 3 aliphatic heterocycles. The highest BCUT2D eigenvalue weighted by molar-refractivity contribution is 5.99. The molecular weight excluding hydrogens is 424 g/mol. The van der Waals surface area contributed by atoms with Gasteiger partial charge in [0.2, 0.25) is 5.43 Å². The number of hydrogen-bond acceptors (Lipinski definition) is 5. The van der Waals surface area contributed by atoms with Gasteiger partial charge in [-0.05, 0) is 31.7 Å². The Balaban J connectivity index is 1.44. The summed E-state index contributed by atoms with van der Waals surface area (Å²) < 4.78 is 34.3. The van der Waals surface area contributed by atoms with Gasteiger partial charge in [0.1, 0.15) is 17.2 Å². The molecule has 168 valence electrons. The maximum Gasteiger partial charge on any atom is 0.276 e. The molecule has 0 spiro atoms. The minimum Gasteiger partial charge on any atom is -0.503 e. The summed E-state index contributed by atoms with van der Waals surface area (Å²) in [6.45, 7) is -0.108. The highest BCUT2D eigenvalue weighted by Gasteiger charge is 2.45. The quantitative estimate of drug-likeness (QED) is 0.752. The third-order valence-electron chi connectivity index (χ3n) is 6.44. The average molecular weight is 445 g/mol. The molecule has 10 heteroatoms. The summed E-state index contributed by atoms with van der Waals surface area (Å²) in [6.07, 6.45) is 4.03. The van der Waals surface area contributed by atoms with Crippen LogP contribution in [0.5, 0.6) is 5.75 Å². The smallest absolute Gasteiger partial charge is 0.276 e. The van der Waals surface area contributed by atoms with Gasteiger partial charge in [-0.2, -0.15) is 0 Å². The minimum absolute atomic E-state index is 0.0110. The first-order chi connectivity index (χ1) is 15.3. The molecular formula is C22H21F2N3O5. The molecule has 0 radical (unpaired) electrons. The number of nitrogens with one attached hydrogen (secondary N) is 1. The topological polar surface area (TPSA) is 101 Å². The number of nitrogens with zero attached hydrogens (tertiary/aromatic N) is 2. The normalized spacial score (nSPS) is 24.0. The van der Waals surface area contributed by atoms with Crippen molar-refractivity contribution in [3.8, 4) is 5.75 Å². The Hall–Kier alpha value is -3.27. The van der Waals surface area contributed by atoms with Crippen molar-refractivity contribution in [2.75, 3.05) is 0 Å². The van der Waals surface area contributed by atoms with Crippen LogP contribution in [0.3, 0.4) is 0 Å². The Morgan fingerprint density at radius 2 is 1.94 bits per heavy atom. The molecule has 2 aromatic rings. The molecule has 1 aromatic carbocycles. The fraction of sp³-hybridized carbons (Fsp3) is 0.409. The van der Waals surface area contributed by atoms with Gasteiger partial charge in [-0.3, -0.25) is 14.4 Å². The number of rotatable bonds is 3. The van der Waals surface area contributed by atoms with E-state index in [0.717, 1.165) is 31.7 Å². The lowest BCUT2D eigenvalue weighted by atomic mass is 9.92. The van der Waals surface area contributed by atoms with E-state index in [0.29, 0.717) is 6.07 Å². The summed E-state index contributed by atoms with van der Waals surface area (Å²) in [5.41, 5.74) is -1.50. The Labute approximate surface area is 181 Å². The number of benzene rings is 1. The lowest BCUT2D eigenvalue weighted by Crippen LogP contribution is -2.53. The van der Waals surface area contributed by atoms with Crippen molar-refractivity contribution in [2.45, 2.75) is 57.1 Å². The Kier molecular flexibility index (Phi) is 4.96. The fourth-order valence-corrected chi connectivity index (χ4v) is 4.82. The molecule has 1 aromatic heterocycles. The van der Waals surface area contributed by atoms with E-state index >= 15 is 0 Å². The van der Waals surface area contributed by atoms with Gasteiger partial charge in [0.15, 0.2) is 17.7 Å². The first-order valence-corrected chi connectivity index (χ1v) is 10.5. The number of aromatic nitrogens is 1. The number of carbonyl (C=O) groups is 2. The van der Waals surface area contributed by atoms with Gasteiger partial charge in [-0.15, -0.1) is 0 Å². The van der Waals surface area contributed by atoms with Crippen LogP contribution in [0.15, 0.2) is 29.2 Å². The van der Waals surface area contributed by atoms with Crippen LogP contribution in [0.4, 0.5) is 8.78 Å². The van der Waals surface area contributed by atoms with Gasteiger partial charge < -0.3 is 24.6 Å². The lowest BCUT2D eigenvalue weighted by Gasteiger charge is -2.39. The van der Waals surface area contributed by atoms with E-state index in [2.05, 4.69) is 5.32 Å². The summed E-state index contributed by atoms with van der Waals surface area (Å²) in [5, 5.41) is 12.9. The highest BCUT2D eigenvalue weighted by Crippen LogP contribution is 2.37. The molecule has 3 fully saturated rings. The van der Waals surface area contributed by atoms with Crippen molar-refractivity contribution in [1.82, 2.24) is 14.8 Å². The van der Waals surface area contributed by atoms with E-state index in [1.54, 1.807) is 4.90 Å². The van der Waals surface area contributed by atoms with E-state index in [1.165, 1.54) is 16.8 Å². The number of ether oxygens (including phenoxy) is 1. The Morgan fingerprint density at radius 3 is 2.66 bits per heavy atom. The molecule has 2 bridgehead atoms. The van der Waals surface area contributed by atoms with Crippen molar-refractivity contribution >= 4 is 11.8 Å². The second-order valence-corrected chi connectivity index (χ2v) is 8.37. The number of aromatic hydroxyl groups is 1. The molecule has 1 saturated carbocycles. The van der Waals surface area contributed by atoms with E-state index in [-0.39, 0.29) is 42.1 Å². The van der Waals surface area contributed by atoms with Gasteiger partial charge in [0.05, 0.1) is 12.6 Å². The SMILES string of the molecule is O=C(NCc1ccc(F)cc1F)c1cn2c(c(O)c1=O)C(=O)N1C3CCC(CC3)OC1C2. The third-order valence-corrected chi connectivity index (χ3v) is 6.44. The number of amides is 2. The highest BCUT2D eigenvalue weighted by atomic mass is 19.1. The largest absolute Gasteiger partial charge is 0.503 e. The van der Waals surface area contributed by atoms with Crippen LogP contribution in [0, 0.1) is 11.6 Å². The molecule has 2 N–H and O–H groups in total. The number of pyridine rings is 1. The van der Waals surface area contributed by atoms with Gasteiger partial charge in [-0.25, -0.2) is 8.78 Å². The van der Waals surface area contributed by atoms with Gasteiger partial charge in [-0.1, -0.05) is 6.07 Å². The molecule has 1 aliphatic carbocycles. The number of halogens is 2. The third kappa shape index (κ3) is 3.35. The van der Waals surface area contributed by atoms with Gasteiger partial charge in [0.25, 0.3) is 11.8 Å². The molecule has 8 nitrogen and oxygen atoms in total.